The standard InChI is InChI=1S/C26H52O2.C19H38O2/c1-4-7-9-10-11-12-13-14-15-16-17-18-19-20-22-24-26(27)28-25(6-3)23-21-8-5-2;1-4-5-6-7-8-9-10-11-12-13-14-15-16-17-19(20)21-18(2)3/h25H,4-24H2,1-3H3;18H,4-17H2,1-3H3. The van der Waals surface area contributed by atoms with Crippen LogP contribution in [-0.4, -0.2) is 24.1 Å². The Morgan fingerprint density at radius 3 is 0.918 bits per heavy atom. The quantitative estimate of drug-likeness (QED) is 0.0480. The summed E-state index contributed by atoms with van der Waals surface area (Å²) in [5.41, 5.74) is 0. The lowest BCUT2D eigenvalue weighted by Gasteiger charge is -2.16. The fraction of sp³-hybridized carbons (Fsp3) is 0.956. The first-order valence-electron chi connectivity index (χ1n) is 22.3. The summed E-state index contributed by atoms with van der Waals surface area (Å²) in [5.74, 6) is -0.00823. The molecule has 1 atom stereocenters. The van der Waals surface area contributed by atoms with Gasteiger partial charge >= 0.3 is 11.9 Å². The van der Waals surface area contributed by atoms with Gasteiger partial charge < -0.3 is 9.47 Å². The van der Waals surface area contributed by atoms with Crippen molar-refractivity contribution in [3.63, 3.8) is 0 Å². The molecule has 0 saturated heterocycles. The Kier molecular flexibility index (Phi) is 44.0. The van der Waals surface area contributed by atoms with Crippen LogP contribution < -0.4 is 0 Å². The van der Waals surface area contributed by atoms with Gasteiger partial charge in [-0.15, -0.1) is 0 Å². The number of hydrogen-bond acceptors (Lipinski definition) is 4. The molecule has 0 aromatic heterocycles. The van der Waals surface area contributed by atoms with Gasteiger partial charge in [-0.25, -0.2) is 0 Å². The number of ether oxygens (including phenoxy) is 2. The fourth-order valence-corrected chi connectivity index (χ4v) is 6.46. The normalized spacial score (nSPS) is 11.7. The molecular weight excluding hydrogens is 604 g/mol. The van der Waals surface area contributed by atoms with Crippen molar-refractivity contribution in [2.24, 2.45) is 0 Å². The molecule has 0 aliphatic rings. The number of rotatable bonds is 37. The molecule has 49 heavy (non-hydrogen) atoms. The Bertz CT molecular complexity index is 646. The molecule has 0 bridgehead atoms. The topological polar surface area (TPSA) is 52.6 Å². The van der Waals surface area contributed by atoms with Gasteiger partial charge in [0.05, 0.1) is 6.10 Å². The number of carbonyl (C=O) groups excluding carboxylic acids is 2. The van der Waals surface area contributed by atoms with Crippen molar-refractivity contribution in [3.05, 3.63) is 0 Å². The molecule has 294 valence electrons. The summed E-state index contributed by atoms with van der Waals surface area (Å²) < 4.78 is 10.7. The second-order valence-electron chi connectivity index (χ2n) is 15.2. The van der Waals surface area contributed by atoms with E-state index >= 15 is 0 Å². The highest BCUT2D eigenvalue weighted by Crippen LogP contribution is 2.16. The Labute approximate surface area is 308 Å². The lowest BCUT2D eigenvalue weighted by molar-refractivity contribution is -0.150. The summed E-state index contributed by atoms with van der Waals surface area (Å²) in [6.07, 6.45) is 44.8. The van der Waals surface area contributed by atoms with Crippen LogP contribution >= 0.6 is 0 Å². The average Bonchev–Trinajstić information content (AvgIpc) is 3.08. The molecule has 0 spiro atoms. The SMILES string of the molecule is CCCCCCCCCCCCCCCC(=O)OC(C)C.CCCCCCCCCCCCCCCCCC(=O)OC(CC)CCCCC. The summed E-state index contributed by atoms with van der Waals surface area (Å²) >= 11 is 0. The summed E-state index contributed by atoms with van der Waals surface area (Å²) in [5, 5.41) is 0. The van der Waals surface area contributed by atoms with E-state index in [-0.39, 0.29) is 24.1 Å². The molecule has 0 N–H and O–H groups in total. The molecular formula is C45H90O4. The molecule has 0 radical (unpaired) electrons. The van der Waals surface area contributed by atoms with E-state index in [1.54, 1.807) is 0 Å². The Balaban J connectivity index is 0. The van der Waals surface area contributed by atoms with Gasteiger partial charge in [0.15, 0.2) is 0 Å². The molecule has 4 heteroatoms. The first-order valence-corrected chi connectivity index (χ1v) is 22.3. The van der Waals surface area contributed by atoms with Crippen LogP contribution in [-0.2, 0) is 19.1 Å². The second kappa shape index (κ2) is 43.1. The van der Waals surface area contributed by atoms with E-state index in [0.29, 0.717) is 12.8 Å². The van der Waals surface area contributed by atoms with Crippen molar-refractivity contribution in [1.29, 1.82) is 0 Å². The molecule has 0 aromatic rings. The number of unbranched alkanes of at least 4 members (excludes halogenated alkanes) is 28. The molecule has 0 aromatic carbocycles. The highest BCUT2D eigenvalue weighted by molar-refractivity contribution is 5.69. The molecule has 0 saturated carbocycles. The van der Waals surface area contributed by atoms with Gasteiger partial charge in [-0.3, -0.25) is 9.59 Å². The Hall–Kier alpha value is -1.06. The van der Waals surface area contributed by atoms with Gasteiger partial charge in [0, 0.05) is 12.8 Å². The zero-order chi connectivity index (χ0) is 36.5. The van der Waals surface area contributed by atoms with Gasteiger partial charge in [-0.05, 0) is 46.0 Å². The molecule has 0 aliphatic heterocycles. The minimum Gasteiger partial charge on any atom is -0.463 e. The van der Waals surface area contributed by atoms with Gasteiger partial charge in [-0.2, -0.15) is 0 Å². The van der Waals surface area contributed by atoms with Gasteiger partial charge in [0.2, 0.25) is 0 Å². The van der Waals surface area contributed by atoms with Crippen LogP contribution in [0.3, 0.4) is 0 Å². The highest BCUT2D eigenvalue weighted by atomic mass is 16.5. The van der Waals surface area contributed by atoms with E-state index < -0.39 is 0 Å². The minimum absolute atomic E-state index is 0.0260. The van der Waals surface area contributed by atoms with Crippen molar-refractivity contribution in [3.8, 4) is 0 Å². The van der Waals surface area contributed by atoms with Crippen LogP contribution in [0.2, 0.25) is 0 Å². The third-order valence-electron chi connectivity index (χ3n) is 9.72. The van der Waals surface area contributed by atoms with E-state index in [9.17, 15) is 9.59 Å². The van der Waals surface area contributed by atoms with Crippen molar-refractivity contribution >= 4 is 11.9 Å². The van der Waals surface area contributed by atoms with E-state index in [1.807, 2.05) is 13.8 Å². The number of carbonyl (C=O) groups is 2. The molecule has 4 nitrogen and oxygen atoms in total. The van der Waals surface area contributed by atoms with Crippen LogP contribution in [0.25, 0.3) is 0 Å². The van der Waals surface area contributed by atoms with Crippen molar-refractivity contribution in [2.75, 3.05) is 0 Å². The molecule has 1 unspecified atom stereocenters. The zero-order valence-electron chi connectivity index (χ0n) is 34.5. The van der Waals surface area contributed by atoms with Crippen molar-refractivity contribution < 1.29 is 19.1 Å². The van der Waals surface area contributed by atoms with Crippen molar-refractivity contribution in [2.45, 2.75) is 278 Å². The third kappa shape index (κ3) is 44.9. The van der Waals surface area contributed by atoms with E-state index in [4.69, 9.17) is 9.47 Å². The summed E-state index contributed by atoms with van der Waals surface area (Å²) in [6.45, 7) is 12.7. The maximum atomic E-state index is 12.0. The summed E-state index contributed by atoms with van der Waals surface area (Å²) in [7, 11) is 0. The second-order valence-corrected chi connectivity index (χ2v) is 15.2. The van der Waals surface area contributed by atoms with Crippen LogP contribution in [0, 0.1) is 0 Å². The first kappa shape index (κ1) is 50.0. The lowest BCUT2D eigenvalue weighted by Crippen LogP contribution is -2.17. The van der Waals surface area contributed by atoms with Gasteiger partial charge in [0.1, 0.15) is 6.10 Å². The van der Waals surface area contributed by atoms with Crippen LogP contribution in [0.1, 0.15) is 266 Å². The lowest BCUT2D eigenvalue weighted by atomic mass is 10.0. The predicted molar refractivity (Wildman–Crippen MR) is 215 cm³/mol. The van der Waals surface area contributed by atoms with Gasteiger partial charge in [-0.1, -0.05) is 207 Å². The van der Waals surface area contributed by atoms with Crippen molar-refractivity contribution in [1.82, 2.24) is 0 Å². The van der Waals surface area contributed by atoms with Gasteiger partial charge in [0.25, 0.3) is 0 Å². The monoisotopic (exact) mass is 695 g/mol. The molecule has 0 heterocycles. The minimum atomic E-state index is -0.0342. The Morgan fingerprint density at radius 1 is 0.367 bits per heavy atom. The van der Waals surface area contributed by atoms with Crippen LogP contribution in [0.4, 0.5) is 0 Å². The maximum Gasteiger partial charge on any atom is 0.306 e. The van der Waals surface area contributed by atoms with Crippen LogP contribution in [0.15, 0.2) is 0 Å². The average molecular weight is 695 g/mol. The predicted octanol–water partition coefficient (Wildman–Crippen LogP) is 15.6. The van der Waals surface area contributed by atoms with E-state index in [0.717, 1.165) is 25.7 Å². The third-order valence-corrected chi connectivity index (χ3v) is 9.72. The molecule has 0 rings (SSSR count). The number of hydrogen-bond donors (Lipinski definition) is 0. The summed E-state index contributed by atoms with van der Waals surface area (Å²) in [4.78, 5) is 23.3. The van der Waals surface area contributed by atoms with Crippen LogP contribution in [0.5, 0.6) is 0 Å². The first-order chi connectivity index (χ1) is 23.9. The van der Waals surface area contributed by atoms with E-state index in [2.05, 4.69) is 27.7 Å². The molecule has 0 aliphatic carbocycles. The zero-order valence-corrected chi connectivity index (χ0v) is 34.5. The molecule has 0 amide bonds. The smallest absolute Gasteiger partial charge is 0.306 e. The maximum absolute atomic E-state index is 12.0. The highest BCUT2D eigenvalue weighted by Gasteiger charge is 2.12. The summed E-state index contributed by atoms with van der Waals surface area (Å²) in [6, 6.07) is 0. The molecule has 0 fully saturated rings. The largest absolute Gasteiger partial charge is 0.463 e. The van der Waals surface area contributed by atoms with E-state index in [1.165, 1.54) is 186 Å². The Morgan fingerprint density at radius 2 is 0.633 bits per heavy atom. The fourth-order valence-electron chi connectivity index (χ4n) is 6.46. The number of esters is 2.